The first-order valence-corrected chi connectivity index (χ1v) is 14.5. The third-order valence-corrected chi connectivity index (χ3v) is 8.18. The Labute approximate surface area is 236 Å². The average Bonchev–Trinajstić information content (AvgIpc) is 2.91. The van der Waals surface area contributed by atoms with E-state index in [1.165, 1.54) is 35.5 Å². The van der Waals surface area contributed by atoms with Crippen LogP contribution in [0.3, 0.4) is 0 Å². The van der Waals surface area contributed by atoms with E-state index in [2.05, 4.69) is 5.32 Å². The smallest absolute Gasteiger partial charge is 0.243 e. The molecule has 0 radical (unpaired) electrons. The molecule has 0 aliphatic carbocycles. The Morgan fingerprint density at radius 3 is 1.93 bits per heavy atom. The van der Waals surface area contributed by atoms with Gasteiger partial charge in [-0.15, -0.1) is 0 Å². The fraction of sp³-hybridized carbons (Fsp3) is 0.333. The Kier molecular flexibility index (Phi) is 10.8. The van der Waals surface area contributed by atoms with E-state index in [9.17, 15) is 28.2 Å². The first-order chi connectivity index (χ1) is 19.0. The molecule has 214 valence electrons. The van der Waals surface area contributed by atoms with Crippen molar-refractivity contribution in [2.45, 2.75) is 50.8 Å². The number of aliphatic hydroxyl groups is 1. The van der Waals surface area contributed by atoms with Gasteiger partial charge in [0.1, 0.15) is 6.09 Å². The number of anilines is 1. The predicted molar refractivity (Wildman–Crippen MR) is 152 cm³/mol. The molecule has 0 spiro atoms. The highest BCUT2D eigenvalue weighted by molar-refractivity contribution is 7.89. The van der Waals surface area contributed by atoms with Crippen LogP contribution in [-0.4, -0.2) is 60.0 Å². The quantitative estimate of drug-likeness (QED) is 0.327. The van der Waals surface area contributed by atoms with Crippen molar-refractivity contribution < 1.29 is 28.2 Å². The van der Waals surface area contributed by atoms with Crippen LogP contribution in [0.2, 0.25) is 0 Å². The minimum Gasteiger partial charge on any atom is -0.530 e. The number of hydrogen-bond acceptors (Lipinski definition) is 6. The molecule has 0 fully saturated rings. The first kappa shape index (κ1) is 30.8. The monoisotopic (exact) mass is 566 g/mol. The number of hydrogen-bond donors (Lipinski definition) is 2. The highest BCUT2D eigenvalue weighted by Crippen LogP contribution is 2.23. The van der Waals surface area contributed by atoms with E-state index in [4.69, 9.17) is 0 Å². The van der Waals surface area contributed by atoms with Crippen LogP contribution in [-0.2, 0) is 27.8 Å². The molecule has 0 aliphatic rings. The number of aliphatic hydroxyl groups excluding tert-OH is 1. The van der Waals surface area contributed by atoms with Gasteiger partial charge in [-0.25, -0.2) is 8.42 Å². The van der Waals surface area contributed by atoms with Gasteiger partial charge in [-0.2, -0.15) is 4.31 Å². The first-order valence-electron chi connectivity index (χ1n) is 13.1. The maximum atomic E-state index is 13.7. The molecule has 0 saturated carbocycles. The molecule has 0 bridgehead atoms. The van der Waals surface area contributed by atoms with Crippen LogP contribution in [0.4, 0.5) is 10.5 Å². The lowest BCUT2D eigenvalue weighted by molar-refractivity contribution is -0.270. The van der Waals surface area contributed by atoms with Gasteiger partial charge < -0.3 is 25.2 Å². The molecular formula is C30H36N3O6S-. The third-order valence-electron chi connectivity index (χ3n) is 6.33. The zero-order chi connectivity index (χ0) is 29.3. The minimum atomic E-state index is -4.07. The maximum Gasteiger partial charge on any atom is 0.243 e. The number of sulfonamides is 1. The van der Waals surface area contributed by atoms with E-state index in [0.29, 0.717) is 11.3 Å². The van der Waals surface area contributed by atoms with Crippen LogP contribution in [0.25, 0.3) is 0 Å². The summed E-state index contributed by atoms with van der Waals surface area (Å²) in [5, 5.41) is 26.5. The summed E-state index contributed by atoms with van der Waals surface area (Å²) in [5.41, 5.74) is 1.95. The van der Waals surface area contributed by atoms with E-state index in [0.717, 1.165) is 10.5 Å². The van der Waals surface area contributed by atoms with Gasteiger partial charge in [0.25, 0.3) is 0 Å². The SMILES string of the molecule is CC(=O)Nc1ccc(S(=O)(=O)N(CC(C)C)C[C@@H](O)[C@H](Cc2ccccc2)N(Cc2ccccc2)C(=O)[O-])cc1. The van der Waals surface area contributed by atoms with Gasteiger partial charge in [0, 0.05) is 32.2 Å². The molecule has 2 atom stereocenters. The fourth-order valence-electron chi connectivity index (χ4n) is 4.48. The second-order valence-corrected chi connectivity index (χ2v) is 12.1. The van der Waals surface area contributed by atoms with Gasteiger partial charge in [-0.1, -0.05) is 74.5 Å². The summed E-state index contributed by atoms with van der Waals surface area (Å²) in [5.74, 6) is -0.354. The summed E-state index contributed by atoms with van der Waals surface area (Å²) in [7, 11) is -4.07. The number of carbonyl (C=O) groups is 2. The van der Waals surface area contributed by atoms with Crippen LogP contribution in [0.15, 0.2) is 89.8 Å². The Morgan fingerprint density at radius 2 is 1.43 bits per heavy atom. The zero-order valence-electron chi connectivity index (χ0n) is 22.9. The topological polar surface area (TPSA) is 130 Å². The predicted octanol–water partition coefficient (Wildman–Crippen LogP) is 3.11. The van der Waals surface area contributed by atoms with E-state index in [-0.39, 0.29) is 42.8 Å². The number of carboxylic acid groups (broad SMARTS) is 1. The molecule has 3 aromatic carbocycles. The summed E-state index contributed by atoms with van der Waals surface area (Å²) in [6.07, 6.45) is -2.67. The summed E-state index contributed by atoms with van der Waals surface area (Å²) in [4.78, 5) is 24.8. The molecule has 0 unspecified atom stereocenters. The molecule has 2 N–H and O–H groups in total. The van der Waals surface area contributed by atoms with Gasteiger partial charge in [0.05, 0.1) is 17.0 Å². The van der Waals surface area contributed by atoms with Gasteiger partial charge in [-0.3, -0.25) is 4.79 Å². The zero-order valence-corrected chi connectivity index (χ0v) is 23.8. The number of benzene rings is 3. The lowest BCUT2D eigenvalue weighted by atomic mass is 9.98. The van der Waals surface area contributed by atoms with E-state index in [1.54, 1.807) is 24.3 Å². The molecule has 0 saturated heterocycles. The van der Waals surface area contributed by atoms with Crippen LogP contribution in [0, 0.1) is 5.92 Å². The Bertz CT molecular complexity index is 1350. The second-order valence-electron chi connectivity index (χ2n) is 10.1. The van der Waals surface area contributed by atoms with Gasteiger partial charge >= 0.3 is 0 Å². The van der Waals surface area contributed by atoms with Crippen molar-refractivity contribution in [3.8, 4) is 0 Å². The van der Waals surface area contributed by atoms with Gasteiger partial charge in [-0.05, 0) is 47.7 Å². The number of rotatable bonds is 13. The van der Waals surface area contributed by atoms with Crippen molar-refractivity contribution >= 4 is 27.7 Å². The maximum absolute atomic E-state index is 13.7. The molecule has 2 amide bonds. The van der Waals surface area contributed by atoms with Crippen molar-refractivity contribution in [2.75, 3.05) is 18.4 Å². The van der Waals surface area contributed by atoms with Crippen LogP contribution < -0.4 is 10.4 Å². The summed E-state index contributed by atoms with van der Waals surface area (Å²) >= 11 is 0. The van der Waals surface area contributed by atoms with E-state index >= 15 is 0 Å². The summed E-state index contributed by atoms with van der Waals surface area (Å²) in [6.45, 7) is 4.83. The second kappa shape index (κ2) is 14.1. The van der Waals surface area contributed by atoms with Crippen molar-refractivity contribution in [1.29, 1.82) is 0 Å². The summed E-state index contributed by atoms with van der Waals surface area (Å²) in [6, 6.07) is 22.9. The molecular weight excluding hydrogens is 530 g/mol. The Balaban J connectivity index is 1.95. The number of carbonyl (C=O) groups excluding carboxylic acids is 2. The Hall–Kier alpha value is -3.73. The highest BCUT2D eigenvalue weighted by Gasteiger charge is 2.33. The normalized spacial score (nSPS) is 13.2. The Morgan fingerprint density at radius 1 is 0.875 bits per heavy atom. The molecule has 40 heavy (non-hydrogen) atoms. The third kappa shape index (κ3) is 8.64. The molecule has 0 aliphatic heterocycles. The fourth-order valence-corrected chi connectivity index (χ4v) is 6.10. The van der Waals surface area contributed by atoms with Crippen LogP contribution in [0.1, 0.15) is 31.9 Å². The van der Waals surface area contributed by atoms with Gasteiger partial charge in [0.15, 0.2) is 0 Å². The molecule has 3 aromatic rings. The molecule has 10 heteroatoms. The molecule has 0 aromatic heterocycles. The minimum absolute atomic E-state index is 0.00453. The van der Waals surface area contributed by atoms with E-state index in [1.807, 2.05) is 50.2 Å². The lowest BCUT2D eigenvalue weighted by Crippen LogP contribution is -2.55. The summed E-state index contributed by atoms with van der Waals surface area (Å²) < 4.78 is 28.6. The van der Waals surface area contributed by atoms with E-state index < -0.39 is 28.3 Å². The van der Waals surface area contributed by atoms with Crippen LogP contribution >= 0.6 is 0 Å². The van der Waals surface area contributed by atoms with Crippen molar-refractivity contribution in [3.63, 3.8) is 0 Å². The van der Waals surface area contributed by atoms with Crippen molar-refractivity contribution in [1.82, 2.24) is 9.21 Å². The number of amides is 2. The molecule has 0 heterocycles. The number of nitrogens with one attached hydrogen (secondary N) is 1. The number of nitrogens with zero attached hydrogens (tertiary/aromatic N) is 2. The highest BCUT2D eigenvalue weighted by atomic mass is 32.2. The molecule has 9 nitrogen and oxygen atoms in total. The molecule has 3 rings (SSSR count). The van der Waals surface area contributed by atoms with Crippen molar-refractivity contribution in [3.05, 3.63) is 96.1 Å². The largest absolute Gasteiger partial charge is 0.530 e. The van der Waals surface area contributed by atoms with Crippen LogP contribution in [0.5, 0.6) is 0 Å². The lowest BCUT2D eigenvalue weighted by Gasteiger charge is -2.39. The average molecular weight is 567 g/mol. The van der Waals surface area contributed by atoms with Crippen molar-refractivity contribution in [2.24, 2.45) is 5.92 Å². The standard InChI is InChI=1S/C30H37N3O6S/c1-22(2)19-32(40(38,39)27-16-14-26(15-17-27)31-23(3)34)21-29(35)28(18-24-10-6-4-7-11-24)33(30(36)37)20-25-12-8-5-9-13-25/h4-17,22,28-29,35H,18-21H2,1-3H3,(H,31,34)(H,36,37)/p-1/t28-,29+/m0/s1. The van der Waals surface area contributed by atoms with Gasteiger partial charge in [0.2, 0.25) is 15.9 Å².